The van der Waals surface area contributed by atoms with Crippen LogP contribution >= 0.6 is 0 Å². The Hall–Kier alpha value is -1.62. The molecule has 5 nitrogen and oxygen atoms in total. The number of nitrogen functional groups attached to an aromatic ring is 1. The molecule has 0 spiro atoms. The molecule has 1 aliphatic rings. The molecule has 0 radical (unpaired) electrons. The molecule has 1 saturated heterocycles. The second-order valence-electron chi connectivity index (χ2n) is 4.52. The molecular formula is C12H16N4O. The number of ether oxygens (including phenoxy) is 1. The van der Waals surface area contributed by atoms with Gasteiger partial charge in [0.25, 0.3) is 0 Å². The number of aromatic nitrogens is 3. The van der Waals surface area contributed by atoms with Crippen LogP contribution in [0.1, 0.15) is 18.7 Å². The van der Waals surface area contributed by atoms with Gasteiger partial charge in [-0.25, -0.2) is 9.50 Å². The van der Waals surface area contributed by atoms with E-state index in [1.165, 1.54) is 0 Å². The van der Waals surface area contributed by atoms with Gasteiger partial charge in [0.05, 0.1) is 5.69 Å². The van der Waals surface area contributed by atoms with Crippen molar-refractivity contribution in [2.75, 3.05) is 18.9 Å². The highest BCUT2D eigenvalue weighted by atomic mass is 16.5. The summed E-state index contributed by atoms with van der Waals surface area (Å²) in [5.41, 5.74) is 7.30. The Morgan fingerprint density at radius 1 is 1.41 bits per heavy atom. The minimum atomic E-state index is 0.641. The van der Waals surface area contributed by atoms with E-state index in [9.17, 15) is 0 Å². The van der Waals surface area contributed by atoms with Gasteiger partial charge >= 0.3 is 0 Å². The lowest BCUT2D eigenvalue weighted by Crippen LogP contribution is -2.18. The summed E-state index contributed by atoms with van der Waals surface area (Å²) in [5, 5.41) is 4.45. The summed E-state index contributed by atoms with van der Waals surface area (Å²) in [6.45, 7) is 1.72. The zero-order valence-corrected chi connectivity index (χ0v) is 9.67. The molecule has 90 valence electrons. The van der Waals surface area contributed by atoms with Gasteiger partial charge in [-0.15, -0.1) is 0 Å². The predicted octanol–water partition coefficient (Wildman–Crippen LogP) is 1.28. The van der Waals surface area contributed by atoms with E-state index >= 15 is 0 Å². The molecule has 3 heterocycles. The maximum Gasteiger partial charge on any atom is 0.178 e. The number of nitrogens with two attached hydrogens (primary N) is 1. The number of fused-ring (bicyclic) bond motifs is 1. The van der Waals surface area contributed by atoms with Crippen molar-refractivity contribution in [2.45, 2.75) is 19.3 Å². The van der Waals surface area contributed by atoms with Crippen LogP contribution < -0.4 is 5.73 Å². The van der Waals surface area contributed by atoms with E-state index in [1.807, 2.05) is 18.3 Å². The van der Waals surface area contributed by atoms with Crippen LogP contribution in [0.4, 0.5) is 5.69 Å². The van der Waals surface area contributed by atoms with Crippen molar-refractivity contribution in [2.24, 2.45) is 5.92 Å². The van der Waals surface area contributed by atoms with E-state index in [1.54, 1.807) is 4.52 Å². The first-order valence-electron chi connectivity index (χ1n) is 6.00. The number of hydrogen-bond acceptors (Lipinski definition) is 4. The standard InChI is InChI=1S/C12H16N4O/c13-10-2-1-5-16-12(10)14-11(15-16)8-9-3-6-17-7-4-9/h1-2,5,9H,3-4,6-8,13H2. The van der Waals surface area contributed by atoms with Gasteiger partial charge in [-0.2, -0.15) is 5.10 Å². The molecule has 0 unspecified atom stereocenters. The van der Waals surface area contributed by atoms with Crippen LogP contribution in [0.15, 0.2) is 18.3 Å². The van der Waals surface area contributed by atoms with Gasteiger partial charge in [-0.3, -0.25) is 0 Å². The molecule has 2 aromatic rings. The molecular weight excluding hydrogens is 216 g/mol. The molecule has 0 aromatic carbocycles. The van der Waals surface area contributed by atoms with Crippen LogP contribution in [-0.2, 0) is 11.2 Å². The third kappa shape index (κ3) is 2.10. The lowest BCUT2D eigenvalue weighted by Gasteiger charge is -2.20. The highest BCUT2D eigenvalue weighted by Gasteiger charge is 2.17. The Morgan fingerprint density at radius 2 is 2.24 bits per heavy atom. The highest BCUT2D eigenvalue weighted by Crippen LogP contribution is 2.19. The first-order chi connectivity index (χ1) is 8.33. The largest absolute Gasteiger partial charge is 0.396 e. The van der Waals surface area contributed by atoms with Crippen molar-refractivity contribution in [1.82, 2.24) is 14.6 Å². The normalized spacial score (nSPS) is 17.6. The minimum Gasteiger partial charge on any atom is -0.396 e. The average molecular weight is 232 g/mol. The van der Waals surface area contributed by atoms with E-state index in [2.05, 4.69) is 10.1 Å². The van der Waals surface area contributed by atoms with Crippen molar-refractivity contribution >= 4 is 11.3 Å². The fourth-order valence-corrected chi connectivity index (χ4v) is 2.27. The monoisotopic (exact) mass is 232 g/mol. The second kappa shape index (κ2) is 4.33. The third-order valence-electron chi connectivity index (χ3n) is 3.25. The van der Waals surface area contributed by atoms with Crippen LogP contribution in [0, 0.1) is 5.92 Å². The lowest BCUT2D eigenvalue weighted by atomic mass is 9.96. The van der Waals surface area contributed by atoms with E-state index in [0.717, 1.165) is 43.9 Å². The zero-order chi connectivity index (χ0) is 11.7. The van der Waals surface area contributed by atoms with Gasteiger partial charge < -0.3 is 10.5 Å². The topological polar surface area (TPSA) is 65.4 Å². The van der Waals surface area contributed by atoms with Crippen molar-refractivity contribution in [3.8, 4) is 0 Å². The van der Waals surface area contributed by atoms with E-state index in [4.69, 9.17) is 10.5 Å². The van der Waals surface area contributed by atoms with Gasteiger partial charge in [0.2, 0.25) is 0 Å². The maximum absolute atomic E-state index is 5.86. The van der Waals surface area contributed by atoms with Gasteiger partial charge in [-0.1, -0.05) is 0 Å². The average Bonchev–Trinajstić information content (AvgIpc) is 2.74. The summed E-state index contributed by atoms with van der Waals surface area (Å²) in [4.78, 5) is 4.49. The summed E-state index contributed by atoms with van der Waals surface area (Å²) < 4.78 is 7.10. The van der Waals surface area contributed by atoms with Crippen molar-refractivity contribution in [3.05, 3.63) is 24.2 Å². The second-order valence-corrected chi connectivity index (χ2v) is 4.52. The van der Waals surface area contributed by atoms with Gasteiger partial charge in [-0.05, 0) is 30.9 Å². The summed E-state index contributed by atoms with van der Waals surface area (Å²) in [7, 11) is 0. The van der Waals surface area contributed by atoms with E-state index in [0.29, 0.717) is 11.6 Å². The molecule has 2 N–H and O–H groups in total. The highest BCUT2D eigenvalue weighted by molar-refractivity contribution is 5.63. The molecule has 0 atom stereocenters. The third-order valence-corrected chi connectivity index (χ3v) is 3.25. The summed E-state index contributed by atoms with van der Waals surface area (Å²) >= 11 is 0. The summed E-state index contributed by atoms with van der Waals surface area (Å²) in [6, 6.07) is 3.73. The van der Waals surface area contributed by atoms with Gasteiger partial charge in [0.1, 0.15) is 0 Å². The Balaban J connectivity index is 1.83. The molecule has 1 aliphatic heterocycles. The smallest absolute Gasteiger partial charge is 0.178 e. The molecule has 0 amide bonds. The van der Waals surface area contributed by atoms with Crippen LogP contribution in [0.25, 0.3) is 5.65 Å². The molecule has 3 rings (SSSR count). The van der Waals surface area contributed by atoms with Crippen LogP contribution in [0.3, 0.4) is 0 Å². The fraction of sp³-hybridized carbons (Fsp3) is 0.500. The number of nitrogens with zero attached hydrogens (tertiary/aromatic N) is 3. The number of hydrogen-bond donors (Lipinski definition) is 1. The maximum atomic E-state index is 5.86. The van der Waals surface area contributed by atoms with Gasteiger partial charge in [0, 0.05) is 25.8 Å². The molecule has 0 bridgehead atoms. The van der Waals surface area contributed by atoms with Crippen molar-refractivity contribution in [1.29, 1.82) is 0 Å². The Kier molecular flexibility index (Phi) is 2.68. The Bertz CT molecular complexity index is 516. The fourth-order valence-electron chi connectivity index (χ4n) is 2.27. The van der Waals surface area contributed by atoms with Gasteiger partial charge in [0.15, 0.2) is 11.5 Å². The first-order valence-corrected chi connectivity index (χ1v) is 6.00. The van der Waals surface area contributed by atoms with E-state index < -0.39 is 0 Å². The molecule has 0 saturated carbocycles. The molecule has 0 aliphatic carbocycles. The Labute approximate surface area is 99.6 Å². The molecule has 5 heteroatoms. The molecule has 2 aromatic heterocycles. The lowest BCUT2D eigenvalue weighted by molar-refractivity contribution is 0.0660. The summed E-state index contributed by atoms with van der Waals surface area (Å²) in [5.74, 6) is 1.53. The number of rotatable bonds is 2. The summed E-state index contributed by atoms with van der Waals surface area (Å²) in [6.07, 6.45) is 5.01. The predicted molar refractivity (Wildman–Crippen MR) is 64.6 cm³/mol. The Morgan fingerprint density at radius 3 is 3.00 bits per heavy atom. The van der Waals surface area contributed by atoms with Crippen LogP contribution in [0.5, 0.6) is 0 Å². The van der Waals surface area contributed by atoms with Crippen LogP contribution in [0.2, 0.25) is 0 Å². The minimum absolute atomic E-state index is 0.641. The van der Waals surface area contributed by atoms with Crippen molar-refractivity contribution in [3.63, 3.8) is 0 Å². The molecule has 17 heavy (non-hydrogen) atoms. The van der Waals surface area contributed by atoms with Crippen LogP contribution in [-0.4, -0.2) is 27.8 Å². The van der Waals surface area contributed by atoms with E-state index in [-0.39, 0.29) is 0 Å². The first kappa shape index (κ1) is 10.5. The quantitative estimate of drug-likeness (QED) is 0.847. The SMILES string of the molecule is Nc1cccn2nc(CC3CCOCC3)nc12. The zero-order valence-electron chi connectivity index (χ0n) is 9.67. The number of anilines is 1. The molecule has 1 fully saturated rings. The number of pyridine rings is 1. The van der Waals surface area contributed by atoms with Crippen molar-refractivity contribution < 1.29 is 4.74 Å².